The van der Waals surface area contributed by atoms with Crippen molar-refractivity contribution in [2.24, 2.45) is 5.73 Å². The second-order valence-corrected chi connectivity index (χ2v) is 4.04. The standard InChI is InChI=1S/C13H19NO2/c1-2-11-10(5-3-4-8-14)6-7-12-13(11)16-9-15-12/h6-7H,2-5,8-9,14H2,1H3. The van der Waals surface area contributed by atoms with Crippen LogP contribution < -0.4 is 15.2 Å². The van der Waals surface area contributed by atoms with Crippen molar-refractivity contribution in [3.8, 4) is 11.5 Å². The van der Waals surface area contributed by atoms with Gasteiger partial charge in [0.1, 0.15) is 0 Å². The number of benzene rings is 1. The molecule has 2 rings (SSSR count). The van der Waals surface area contributed by atoms with Crippen LogP contribution in [0.15, 0.2) is 12.1 Å². The van der Waals surface area contributed by atoms with Gasteiger partial charge in [-0.2, -0.15) is 0 Å². The third-order valence-electron chi connectivity index (χ3n) is 2.99. The van der Waals surface area contributed by atoms with E-state index in [2.05, 4.69) is 13.0 Å². The van der Waals surface area contributed by atoms with Crippen LogP contribution in [-0.2, 0) is 12.8 Å². The predicted octanol–water partition coefficient (Wildman–Crippen LogP) is 2.26. The lowest BCUT2D eigenvalue weighted by Gasteiger charge is -2.10. The SMILES string of the molecule is CCc1c(CCCCN)ccc2c1OCO2. The van der Waals surface area contributed by atoms with Crippen molar-refractivity contribution in [2.45, 2.75) is 32.6 Å². The number of aryl methyl sites for hydroxylation is 1. The molecule has 0 amide bonds. The molecule has 1 aliphatic rings. The summed E-state index contributed by atoms with van der Waals surface area (Å²) in [6, 6.07) is 4.17. The number of fused-ring (bicyclic) bond motifs is 1. The van der Waals surface area contributed by atoms with Gasteiger partial charge in [-0.05, 0) is 43.9 Å². The molecule has 0 bridgehead atoms. The second kappa shape index (κ2) is 5.21. The highest BCUT2D eigenvalue weighted by molar-refractivity contribution is 5.52. The van der Waals surface area contributed by atoms with E-state index in [4.69, 9.17) is 15.2 Å². The quantitative estimate of drug-likeness (QED) is 0.776. The second-order valence-electron chi connectivity index (χ2n) is 4.04. The van der Waals surface area contributed by atoms with Crippen molar-refractivity contribution in [3.63, 3.8) is 0 Å². The third-order valence-corrected chi connectivity index (χ3v) is 2.99. The van der Waals surface area contributed by atoms with E-state index < -0.39 is 0 Å². The molecule has 1 aromatic rings. The lowest BCUT2D eigenvalue weighted by atomic mass is 9.98. The topological polar surface area (TPSA) is 44.5 Å². The van der Waals surface area contributed by atoms with E-state index in [-0.39, 0.29) is 0 Å². The van der Waals surface area contributed by atoms with Crippen LogP contribution in [0.25, 0.3) is 0 Å². The summed E-state index contributed by atoms with van der Waals surface area (Å²) in [6.07, 6.45) is 4.29. The van der Waals surface area contributed by atoms with E-state index in [0.29, 0.717) is 6.79 Å². The number of rotatable bonds is 5. The summed E-state index contributed by atoms with van der Waals surface area (Å²) in [5, 5.41) is 0. The average Bonchev–Trinajstić information content (AvgIpc) is 2.77. The van der Waals surface area contributed by atoms with E-state index >= 15 is 0 Å². The van der Waals surface area contributed by atoms with Crippen molar-refractivity contribution < 1.29 is 9.47 Å². The van der Waals surface area contributed by atoms with Crippen molar-refractivity contribution >= 4 is 0 Å². The number of hydrogen-bond acceptors (Lipinski definition) is 3. The fourth-order valence-corrected chi connectivity index (χ4v) is 2.15. The summed E-state index contributed by atoms with van der Waals surface area (Å²) in [5.41, 5.74) is 8.18. The first-order chi connectivity index (χ1) is 7.86. The van der Waals surface area contributed by atoms with Gasteiger partial charge in [0, 0.05) is 5.56 Å². The first-order valence-electron chi connectivity index (χ1n) is 5.97. The normalized spacial score (nSPS) is 13.1. The molecule has 88 valence electrons. The average molecular weight is 221 g/mol. The summed E-state index contributed by atoms with van der Waals surface area (Å²) >= 11 is 0. The number of nitrogens with two attached hydrogens (primary N) is 1. The summed E-state index contributed by atoms with van der Waals surface area (Å²) < 4.78 is 10.9. The zero-order valence-corrected chi connectivity index (χ0v) is 9.79. The van der Waals surface area contributed by atoms with E-state index in [9.17, 15) is 0 Å². The Morgan fingerprint density at radius 1 is 1.25 bits per heavy atom. The fraction of sp³-hybridized carbons (Fsp3) is 0.538. The first kappa shape index (κ1) is 11.3. The van der Waals surface area contributed by atoms with E-state index in [1.807, 2.05) is 6.07 Å². The van der Waals surface area contributed by atoms with Crippen LogP contribution in [0.5, 0.6) is 11.5 Å². The Kier molecular flexibility index (Phi) is 3.67. The Balaban J connectivity index is 2.18. The number of ether oxygens (including phenoxy) is 2. The third kappa shape index (κ3) is 2.14. The van der Waals surface area contributed by atoms with Crippen LogP contribution in [0.3, 0.4) is 0 Å². The maximum atomic E-state index is 5.52. The van der Waals surface area contributed by atoms with E-state index in [1.54, 1.807) is 0 Å². The molecule has 0 spiro atoms. The minimum absolute atomic E-state index is 0.356. The van der Waals surface area contributed by atoms with Gasteiger partial charge in [-0.1, -0.05) is 13.0 Å². The van der Waals surface area contributed by atoms with Gasteiger partial charge < -0.3 is 15.2 Å². The summed E-state index contributed by atoms with van der Waals surface area (Å²) in [7, 11) is 0. The molecule has 16 heavy (non-hydrogen) atoms. The molecule has 1 heterocycles. The molecular weight excluding hydrogens is 202 g/mol. The molecule has 3 nitrogen and oxygen atoms in total. The predicted molar refractivity (Wildman–Crippen MR) is 63.9 cm³/mol. The zero-order chi connectivity index (χ0) is 11.4. The van der Waals surface area contributed by atoms with Gasteiger partial charge in [-0.15, -0.1) is 0 Å². The Hall–Kier alpha value is -1.22. The Morgan fingerprint density at radius 3 is 2.88 bits per heavy atom. The van der Waals surface area contributed by atoms with Gasteiger partial charge in [0.15, 0.2) is 11.5 Å². The smallest absolute Gasteiger partial charge is 0.231 e. The van der Waals surface area contributed by atoms with Gasteiger partial charge in [0.25, 0.3) is 0 Å². The molecular formula is C13H19NO2. The summed E-state index contributed by atoms with van der Waals surface area (Å²) in [6.45, 7) is 3.28. The highest BCUT2D eigenvalue weighted by atomic mass is 16.7. The Morgan fingerprint density at radius 2 is 2.12 bits per heavy atom. The number of unbranched alkanes of at least 4 members (excludes halogenated alkanes) is 1. The van der Waals surface area contributed by atoms with Crippen molar-refractivity contribution in [3.05, 3.63) is 23.3 Å². The minimum atomic E-state index is 0.356. The molecule has 1 aliphatic heterocycles. The summed E-state index contributed by atoms with van der Waals surface area (Å²) in [5.74, 6) is 1.84. The van der Waals surface area contributed by atoms with Gasteiger partial charge in [-0.3, -0.25) is 0 Å². The fourth-order valence-electron chi connectivity index (χ4n) is 2.15. The highest BCUT2D eigenvalue weighted by Crippen LogP contribution is 2.38. The summed E-state index contributed by atoms with van der Waals surface area (Å²) in [4.78, 5) is 0. The molecule has 2 N–H and O–H groups in total. The molecule has 0 radical (unpaired) electrons. The lowest BCUT2D eigenvalue weighted by Crippen LogP contribution is -2.01. The lowest BCUT2D eigenvalue weighted by molar-refractivity contribution is 0.173. The Bertz CT molecular complexity index is 363. The van der Waals surface area contributed by atoms with Crippen LogP contribution in [-0.4, -0.2) is 13.3 Å². The molecule has 3 heteroatoms. The first-order valence-corrected chi connectivity index (χ1v) is 5.97. The van der Waals surface area contributed by atoms with Crippen molar-refractivity contribution in [1.29, 1.82) is 0 Å². The van der Waals surface area contributed by atoms with Crippen LogP contribution >= 0.6 is 0 Å². The zero-order valence-electron chi connectivity index (χ0n) is 9.79. The van der Waals surface area contributed by atoms with Gasteiger partial charge in [-0.25, -0.2) is 0 Å². The highest BCUT2D eigenvalue weighted by Gasteiger charge is 2.19. The molecule has 0 atom stereocenters. The largest absolute Gasteiger partial charge is 0.454 e. The van der Waals surface area contributed by atoms with Crippen LogP contribution in [0.2, 0.25) is 0 Å². The van der Waals surface area contributed by atoms with Crippen LogP contribution in [0.1, 0.15) is 30.9 Å². The minimum Gasteiger partial charge on any atom is -0.454 e. The van der Waals surface area contributed by atoms with Gasteiger partial charge >= 0.3 is 0 Å². The van der Waals surface area contributed by atoms with Crippen LogP contribution in [0, 0.1) is 0 Å². The molecule has 1 aromatic carbocycles. The van der Waals surface area contributed by atoms with Gasteiger partial charge in [0.05, 0.1) is 0 Å². The molecule has 0 fully saturated rings. The van der Waals surface area contributed by atoms with Gasteiger partial charge in [0.2, 0.25) is 6.79 Å². The molecule has 0 saturated carbocycles. The molecule has 0 unspecified atom stereocenters. The molecule has 0 aliphatic carbocycles. The van der Waals surface area contributed by atoms with Crippen molar-refractivity contribution in [1.82, 2.24) is 0 Å². The maximum Gasteiger partial charge on any atom is 0.231 e. The van der Waals surface area contributed by atoms with Crippen molar-refractivity contribution in [2.75, 3.05) is 13.3 Å². The van der Waals surface area contributed by atoms with E-state index in [0.717, 1.165) is 43.7 Å². The van der Waals surface area contributed by atoms with E-state index in [1.165, 1.54) is 11.1 Å². The maximum absolute atomic E-state index is 5.52. The monoisotopic (exact) mass is 221 g/mol. The van der Waals surface area contributed by atoms with Crippen LogP contribution in [0.4, 0.5) is 0 Å². The number of hydrogen-bond donors (Lipinski definition) is 1. The Labute approximate surface area is 96.5 Å². The molecule has 0 aromatic heterocycles. The molecule has 0 saturated heterocycles.